The van der Waals surface area contributed by atoms with Crippen LogP contribution in [0.3, 0.4) is 0 Å². The Morgan fingerprint density at radius 1 is 0.757 bits per heavy atom. The van der Waals surface area contributed by atoms with Crippen LogP contribution >= 0.6 is 11.6 Å². The third-order valence-corrected chi connectivity index (χ3v) is 5.36. The van der Waals surface area contributed by atoms with Crippen molar-refractivity contribution < 1.29 is 23.8 Å². The Morgan fingerprint density at radius 3 is 2.08 bits per heavy atom. The van der Waals surface area contributed by atoms with Gasteiger partial charge in [-0.05, 0) is 71.8 Å². The maximum absolute atomic E-state index is 12.2. The number of halogens is 1. The largest absolute Gasteiger partial charge is 0.489 e. The average Bonchev–Trinajstić information content (AvgIpc) is 2.93. The second-order valence-corrected chi connectivity index (χ2v) is 8.17. The molecule has 0 atom stereocenters. The summed E-state index contributed by atoms with van der Waals surface area (Å²) < 4.78 is 16.6. The highest BCUT2D eigenvalue weighted by Gasteiger charge is 2.12. The smallest absolute Gasteiger partial charge is 0.345 e. The van der Waals surface area contributed by atoms with Gasteiger partial charge in [-0.3, -0.25) is 4.79 Å². The van der Waals surface area contributed by atoms with E-state index in [-0.39, 0.29) is 12.2 Å². The standard InChI is InChI=1S/C29H23ClN2O5/c30-27-9-5-4-8-26(27)29(34)37-25-12-10-21(11-13-25)18-31-32-28(33)20-36-24-16-14-23(15-17-24)35-19-22-6-2-1-3-7-22/h1-18H,19-20H2,(H,32,33)/b31-18+. The lowest BCUT2D eigenvalue weighted by molar-refractivity contribution is -0.123. The number of nitrogens with zero attached hydrogens (tertiary/aromatic N) is 1. The van der Waals surface area contributed by atoms with Crippen molar-refractivity contribution in [3.63, 3.8) is 0 Å². The van der Waals surface area contributed by atoms with Gasteiger partial charge in [0.15, 0.2) is 6.61 Å². The number of carbonyl (C=O) groups excluding carboxylic acids is 2. The predicted octanol–water partition coefficient (Wildman–Crippen LogP) is 5.67. The van der Waals surface area contributed by atoms with Gasteiger partial charge >= 0.3 is 5.97 Å². The number of ether oxygens (including phenoxy) is 3. The molecule has 0 aliphatic heterocycles. The van der Waals surface area contributed by atoms with Gasteiger partial charge in [-0.1, -0.05) is 54.1 Å². The van der Waals surface area contributed by atoms with Crippen LogP contribution in [-0.4, -0.2) is 24.7 Å². The molecule has 4 aromatic rings. The van der Waals surface area contributed by atoms with Gasteiger partial charge in [-0.25, -0.2) is 10.2 Å². The van der Waals surface area contributed by atoms with Crippen LogP contribution in [0.2, 0.25) is 5.02 Å². The fraction of sp³-hybridized carbons (Fsp3) is 0.0690. The molecule has 4 aromatic carbocycles. The monoisotopic (exact) mass is 514 g/mol. The Hall–Kier alpha value is -4.62. The lowest BCUT2D eigenvalue weighted by Crippen LogP contribution is -2.24. The van der Waals surface area contributed by atoms with Crippen LogP contribution in [-0.2, 0) is 11.4 Å². The molecule has 0 spiro atoms. The Balaban J connectivity index is 1.18. The third kappa shape index (κ3) is 7.95. The number of carbonyl (C=O) groups is 2. The maximum Gasteiger partial charge on any atom is 0.345 e. The summed E-state index contributed by atoms with van der Waals surface area (Å²) in [6, 6.07) is 30.2. The third-order valence-electron chi connectivity index (χ3n) is 5.03. The molecule has 0 unspecified atom stereocenters. The first kappa shape index (κ1) is 25.5. The van der Waals surface area contributed by atoms with Gasteiger partial charge in [0, 0.05) is 0 Å². The fourth-order valence-corrected chi connectivity index (χ4v) is 3.36. The van der Waals surface area contributed by atoms with Crippen molar-refractivity contribution in [1.82, 2.24) is 5.43 Å². The molecule has 37 heavy (non-hydrogen) atoms. The Morgan fingerprint density at radius 2 is 1.38 bits per heavy atom. The highest BCUT2D eigenvalue weighted by atomic mass is 35.5. The molecule has 0 saturated heterocycles. The van der Waals surface area contributed by atoms with E-state index in [1.807, 2.05) is 30.3 Å². The van der Waals surface area contributed by atoms with E-state index in [1.165, 1.54) is 6.21 Å². The topological polar surface area (TPSA) is 86.2 Å². The minimum Gasteiger partial charge on any atom is -0.489 e. The molecule has 0 aromatic heterocycles. The second kappa shape index (κ2) is 12.9. The normalized spacial score (nSPS) is 10.6. The fourth-order valence-electron chi connectivity index (χ4n) is 3.14. The summed E-state index contributed by atoms with van der Waals surface area (Å²) in [5.41, 5.74) is 4.47. The van der Waals surface area contributed by atoms with Crippen molar-refractivity contribution >= 4 is 29.7 Å². The van der Waals surface area contributed by atoms with E-state index in [4.69, 9.17) is 25.8 Å². The van der Waals surface area contributed by atoms with E-state index in [2.05, 4.69) is 10.5 Å². The zero-order valence-electron chi connectivity index (χ0n) is 19.7. The molecule has 0 saturated carbocycles. The van der Waals surface area contributed by atoms with Crippen LogP contribution in [0, 0.1) is 0 Å². The van der Waals surface area contributed by atoms with Gasteiger partial charge in [0.1, 0.15) is 23.9 Å². The highest BCUT2D eigenvalue weighted by Crippen LogP contribution is 2.20. The van der Waals surface area contributed by atoms with Gasteiger partial charge in [-0.15, -0.1) is 0 Å². The van der Waals surface area contributed by atoms with E-state index in [0.717, 1.165) is 5.56 Å². The van der Waals surface area contributed by atoms with E-state index < -0.39 is 11.9 Å². The zero-order valence-corrected chi connectivity index (χ0v) is 20.4. The number of hydrogen-bond acceptors (Lipinski definition) is 6. The predicted molar refractivity (Wildman–Crippen MR) is 141 cm³/mol. The minimum atomic E-state index is -0.548. The van der Waals surface area contributed by atoms with E-state index in [1.54, 1.807) is 72.8 Å². The number of nitrogens with one attached hydrogen (secondary N) is 1. The molecule has 7 nitrogen and oxygen atoms in total. The molecular weight excluding hydrogens is 492 g/mol. The molecule has 0 heterocycles. The first-order valence-corrected chi connectivity index (χ1v) is 11.7. The highest BCUT2D eigenvalue weighted by molar-refractivity contribution is 6.33. The Kier molecular flexibility index (Phi) is 8.88. The van der Waals surface area contributed by atoms with Crippen LogP contribution < -0.4 is 19.6 Å². The van der Waals surface area contributed by atoms with Crippen molar-refractivity contribution in [3.8, 4) is 17.2 Å². The van der Waals surface area contributed by atoms with Crippen LogP contribution in [0.15, 0.2) is 108 Å². The van der Waals surface area contributed by atoms with Gasteiger partial charge < -0.3 is 14.2 Å². The molecule has 0 aliphatic carbocycles. The summed E-state index contributed by atoms with van der Waals surface area (Å²) >= 11 is 6.02. The van der Waals surface area contributed by atoms with Gasteiger partial charge in [0.05, 0.1) is 16.8 Å². The number of hydrogen-bond donors (Lipinski definition) is 1. The molecule has 1 N–H and O–H groups in total. The van der Waals surface area contributed by atoms with Crippen molar-refractivity contribution in [2.45, 2.75) is 6.61 Å². The molecule has 0 radical (unpaired) electrons. The van der Waals surface area contributed by atoms with E-state index >= 15 is 0 Å². The summed E-state index contributed by atoms with van der Waals surface area (Å²) in [6.45, 7) is 0.274. The van der Waals surface area contributed by atoms with Crippen LogP contribution in [0.4, 0.5) is 0 Å². The number of benzene rings is 4. The van der Waals surface area contributed by atoms with E-state index in [0.29, 0.717) is 34.4 Å². The molecule has 1 amide bonds. The summed E-state index contributed by atoms with van der Waals surface area (Å²) in [7, 11) is 0. The first-order valence-electron chi connectivity index (χ1n) is 11.3. The molecular formula is C29H23ClN2O5. The number of esters is 1. The number of amides is 1. The molecule has 0 aliphatic rings. The van der Waals surface area contributed by atoms with Gasteiger partial charge in [0.2, 0.25) is 0 Å². The van der Waals surface area contributed by atoms with Crippen LogP contribution in [0.25, 0.3) is 0 Å². The minimum absolute atomic E-state index is 0.196. The molecule has 186 valence electrons. The summed E-state index contributed by atoms with van der Waals surface area (Å²) in [5, 5.41) is 4.24. The Labute approximate surface area is 219 Å². The SMILES string of the molecule is O=C(COc1ccc(OCc2ccccc2)cc1)N/N=C/c1ccc(OC(=O)c2ccccc2Cl)cc1. The molecule has 4 rings (SSSR count). The van der Waals surface area contributed by atoms with Crippen molar-refractivity contribution in [3.05, 3.63) is 125 Å². The summed E-state index contributed by atoms with van der Waals surface area (Å²) in [5.74, 6) is 0.638. The lowest BCUT2D eigenvalue weighted by Gasteiger charge is -2.08. The lowest BCUT2D eigenvalue weighted by atomic mass is 10.2. The average molecular weight is 515 g/mol. The summed E-state index contributed by atoms with van der Waals surface area (Å²) in [4.78, 5) is 24.3. The van der Waals surface area contributed by atoms with Crippen LogP contribution in [0.5, 0.6) is 17.2 Å². The van der Waals surface area contributed by atoms with E-state index in [9.17, 15) is 9.59 Å². The molecule has 0 fully saturated rings. The van der Waals surface area contributed by atoms with Gasteiger partial charge in [0.25, 0.3) is 5.91 Å². The van der Waals surface area contributed by atoms with Crippen molar-refractivity contribution in [2.24, 2.45) is 5.10 Å². The maximum atomic E-state index is 12.2. The quantitative estimate of drug-likeness (QED) is 0.128. The first-order chi connectivity index (χ1) is 18.1. The summed E-state index contributed by atoms with van der Waals surface area (Å²) in [6.07, 6.45) is 1.47. The van der Waals surface area contributed by atoms with Crippen LogP contribution in [0.1, 0.15) is 21.5 Å². The van der Waals surface area contributed by atoms with Gasteiger partial charge in [-0.2, -0.15) is 5.10 Å². The number of rotatable bonds is 10. The molecule has 8 heteroatoms. The van der Waals surface area contributed by atoms with Crippen molar-refractivity contribution in [1.29, 1.82) is 0 Å². The Bertz CT molecular complexity index is 1360. The number of hydrazone groups is 1. The molecule has 0 bridgehead atoms. The second-order valence-electron chi connectivity index (χ2n) is 7.77. The van der Waals surface area contributed by atoms with Crippen molar-refractivity contribution in [2.75, 3.05) is 6.61 Å². The zero-order chi connectivity index (χ0) is 25.9.